The van der Waals surface area contributed by atoms with Crippen molar-refractivity contribution in [3.63, 3.8) is 0 Å². The summed E-state index contributed by atoms with van der Waals surface area (Å²) in [5, 5.41) is 5.20. The molecule has 0 radical (unpaired) electrons. The van der Waals surface area contributed by atoms with Crippen LogP contribution < -0.4 is 0 Å². The minimum atomic E-state index is 0.438. The molecule has 0 bridgehead atoms. The first kappa shape index (κ1) is 23.4. The Morgan fingerprint density at radius 3 is 1.57 bits per heavy atom. The van der Waals surface area contributed by atoms with Crippen LogP contribution in [-0.2, 0) is 0 Å². The quantitative estimate of drug-likeness (QED) is 0.247. The standard InChI is InChI=1S/C35H36/c1-22(2)27-20-32(23(3)4)35(33(21-27)24(5)6)31-19-18-26-13-8-10-16-29(26)34(31)30-17-11-14-25-12-7-9-15-28(25)30/h7-24H,1-6H3. The Balaban J connectivity index is 1.96. The van der Waals surface area contributed by atoms with Gasteiger partial charge in [-0.2, -0.15) is 0 Å². The van der Waals surface area contributed by atoms with Crippen LogP contribution in [0.15, 0.2) is 91.0 Å². The van der Waals surface area contributed by atoms with Crippen LogP contribution in [0.4, 0.5) is 0 Å². The molecule has 35 heavy (non-hydrogen) atoms. The molecule has 0 saturated carbocycles. The fraction of sp³-hybridized carbons (Fsp3) is 0.257. The first-order valence-electron chi connectivity index (χ1n) is 13.0. The van der Waals surface area contributed by atoms with E-state index in [0.717, 1.165) is 0 Å². The number of rotatable bonds is 5. The molecule has 0 amide bonds. The van der Waals surface area contributed by atoms with Gasteiger partial charge in [0, 0.05) is 0 Å². The van der Waals surface area contributed by atoms with Gasteiger partial charge in [0.15, 0.2) is 0 Å². The van der Waals surface area contributed by atoms with Crippen molar-refractivity contribution >= 4 is 21.5 Å². The lowest BCUT2D eigenvalue weighted by atomic mass is 9.78. The molecular weight excluding hydrogens is 420 g/mol. The van der Waals surface area contributed by atoms with E-state index >= 15 is 0 Å². The second-order valence-corrected chi connectivity index (χ2v) is 10.8. The maximum atomic E-state index is 2.47. The predicted octanol–water partition coefficient (Wildman–Crippen LogP) is 10.7. The van der Waals surface area contributed by atoms with Gasteiger partial charge in [0.2, 0.25) is 0 Å². The summed E-state index contributed by atoms with van der Waals surface area (Å²) in [6.07, 6.45) is 0. The molecule has 0 N–H and O–H groups in total. The summed E-state index contributed by atoms with van der Waals surface area (Å²) >= 11 is 0. The van der Waals surface area contributed by atoms with Crippen LogP contribution >= 0.6 is 0 Å². The summed E-state index contributed by atoms with van der Waals surface area (Å²) in [5.74, 6) is 1.38. The van der Waals surface area contributed by atoms with Gasteiger partial charge < -0.3 is 0 Å². The van der Waals surface area contributed by atoms with E-state index < -0.39 is 0 Å². The van der Waals surface area contributed by atoms with Gasteiger partial charge >= 0.3 is 0 Å². The molecule has 0 atom stereocenters. The molecule has 0 heterocycles. The van der Waals surface area contributed by atoms with Crippen molar-refractivity contribution in [3.8, 4) is 22.3 Å². The molecular formula is C35H36. The predicted molar refractivity (Wildman–Crippen MR) is 155 cm³/mol. The average Bonchev–Trinajstić information content (AvgIpc) is 2.86. The highest BCUT2D eigenvalue weighted by Gasteiger charge is 2.22. The largest absolute Gasteiger partial charge is 0.0616 e. The topological polar surface area (TPSA) is 0 Å². The fourth-order valence-electron chi connectivity index (χ4n) is 5.48. The van der Waals surface area contributed by atoms with Crippen LogP contribution in [0.5, 0.6) is 0 Å². The van der Waals surface area contributed by atoms with E-state index in [4.69, 9.17) is 0 Å². The summed E-state index contributed by atoms with van der Waals surface area (Å²) in [4.78, 5) is 0. The van der Waals surface area contributed by atoms with Gasteiger partial charge in [0.1, 0.15) is 0 Å². The van der Waals surface area contributed by atoms with Crippen molar-refractivity contribution < 1.29 is 0 Å². The van der Waals surface area contributed by atoms with Gasteiger partial charge in [-0.15, -0.1) is 0 Å². The molecule has 5 rings (SSSR count). The molecule has 0 fully saturated rings. The second-order valence-electron chi connectivity index (χ2n) is 10.8. The van der Waals surface area contributed by atoms with Crippen molar-refractivity contribution in [2.75, 3.05) is 0 Å². The lowest BCUT2D eigenvalue weighted by Crippen LogP contribution is -2.04. The number of hydrogen-bond donors (Lipinski definition) is 0. The Labute approximate surface area is 210 Å². The molecule has 176 valence electrons. The maximum absolute atomic E-state index is 2.47. The molecule has 5 aromatic carbocycles. The van der Waals surface area contributed by atoms with Crippen LogP contribution in [0.3, 0.4) is 0 Å². The Morgan fingerprint density at radius 1 is 0.429 bits per heavy atom. The summed E-state index contributed by atoms with van der Waals surface area (Å²) in [6.45, 7) is 14.0. The van der Waals surface area contributed by atoms with E-state index in [0.29, 0.717) is 17.8 Å². The zero-order valence-electron chi connectivity index (χ0n) is 21.9. The van der Waals surface area contributed by atoms with Crippen molar-refractivity contribution in [1.29, 1.82) is 0 Å². The van der Waals surface area contributed by atoms with Crippen molar-refractivity contribution in [1.82, 2.24) is 0 Å². The second kappa shape index (κ2) is 9.34. The van der Waals surface area contributed by atoms with Gasteiger partial charge in [-0.05, 0) is 78.2 Å². The van der Waals surface area contributed by atoms with Crippen molar-refractivity contribution in [2.45, 2.75) is 59.3 Å². The molecule has 0 aliphatic heterocycles. The monoisotopic (exact) mass is 456 g/mol. The number of fused-ring (bicyclic) bond motifs is 2. The molecule has 0 aromatic heterocycles. The third-order valence-electron chi connectivity index (χ3n) is 7.39. The lowest BCUT2D eigenvalue weighted by Gasteiger charge is -2.26. The minimum Gasteiger partial charge on any atom is -0.0616 e. The molecule has 0 aliphatic carbocycles. The highest BCUT2D eigenvalue weighted by atomic mass is 14.3. The Hall–Kier alpha value is -3.38. The molecule has 0 nitrogen and oxygen atoms in total. The molecule has 0 aliphatic rings. The van der Waals surface area contributed by atoms with E-state index in [1.807, 2.05) is 0 Å². The lowest BCUT2D eigenvalue weighted by molar-refractivity contribution is 0.807. The van der Waals surface area contributed by atoms with Gasteiger partial charge in [0.05, 0.1) is 0 Å². The van der Waals surface area contributed by atoms with Crippen LogP contribution in [0.2, 0.25) is 0 Å². The summed E-state index contributed by atoms with van der Waals surface area (Å²) < 4.78 is 0. The molecule has 5 aromatic rings. The zero-order chi connectivity index (χ0) is 24.7. The molecule has 0 heteroatoms. The highest BCUT2D eigenvalue weighted by molar-refractivity contribution is 6.11. The van der Waals surface area contributed by atoms with Gasteiger partial charge in [-0.1, -0.05) is 133 Å². The Bertz CT molecular complexity index is 1480. The Morgan fingerprint density at radius 2 is 0.971 bits per heavy atom. The van der Waals surface area contributed by atoms with E-state index in [1.54, 1.807) is 0 Å². The summed E-state index contributed by atoms with van der Waals surface area (Å²) in [6, 6.07) is 34.0. The summed E-state index contributed by atoms with van der Waals surface area (Å²) in [7, 11) is 0. The molecule has 0 spiro atoms. The van der Waals surface area contributed by atoms with Crippen LogP contribution in [-0.4, -0.2) is 0 Å². The number of benzene rings is 5. The van der Waals surface area contributed by atoms with E-state index in [1.165, 1.54) is 60.5 Å². The van der Waals surface area contributed by atoms with Gasteiger partial charge in [0.25, 0.3) is 0 Å². The maximum Gasteiger partial charge on any atom is -0.00204 e. The number of hydrogen-bond acceptors (Lipinski definition) is 0. The third kappa shape index (κ3) is 4.16. The average molecular weight is 457 g/mol. The first-order valence-corrected chi connectivity index (χ1v) is 13.0. The molecule has 0 unspecified atom stereocenters. The van der Waals surface area contributed by atoms with E-state index in [-0.39, 0.29) is 0 Å². The zero-order valence-corrected chi connectivity index (χ0v) is 21.9. The van der Waals surface area contributed by atoms with Crippen molar-refractivity contribution in [2.24, 2.45) is 0 Å². The fourth-order valence-corrected chi connectivity index (χ4v) is 5.48. The minimum absolute atomic E-state index is 0.438. The van der Waals surface area contributed by atoms with E-state index in [9.17, 15) is 0 Å². The smallest absolute Gasteiger partial charge is 0.00204 e. The van der Waals surface area contributed by atoms with Crippen LogP contribution in [0.25, 0.3) is 43.8 Å². The van der Waals surface area contributed by atoms with Gasteiger partial charge in [-0.3, -0.25) is 0 Å². The first-order chi connectivity index (χ1) is 16.9. The van der Waals surface area contributed by atoms with Crippen molar-refractivity contribution in [3.05, 3.63) is 108 Å². The normalized spacial score (nSPS) is 11.9. The molecule has 0 saturated heterocycles. The third-order valence-corrected chi connectivity index (χ3v) is 7.39. The SMILES string of the molecule is CC(C)c1cc(C(C)C)c(-c2ccc3ccccc3c2-c2cccc3ccccc23)c(C(C)C)c1. The summed E-state index contributed by atoms with van der Waals surface area (Å²) in [5.41, 5.74) is 9.78. The van der Waals surface area contributed by atoms with Crippen LogP contribution in [0, 0.1) is 0 Å². The highest BCUT2D eigenvalue weighted by Crippen LogP contribution is 2.46. The Kier molecular flexibility index (Phi) is 6.24. The van der Waals surface area contributed by atoms with E-state index in [2.05, 4.69) is 133 Å². The van der Waals surface area contributed by atoms with Gasteiger partial charge in [-0.25, -0.2) is 0 Å². The van der Waals surface area contributed by atoms with Crippen LogP contribution in [0.1, 0.15) is 76.0 Å².